The summed E-state index contributed by atoms with van der Waals surface area (Å²) in [6, 6.07) is 5.93. The second kappa shape index (κ2) is 7.20. The average molecular weight is 404 g/mol. The SMILES string of the molecule is COc1cc(OC2OC(CO)C(O)C2O)c2c(O)c3c(=O)cc(C)oc3cc2c1. The lowest BCUT2D eigenvalue weighted by Gasteiger charge is -2.19. The molecule has 0 radical (unpaired) electrons. The fraction of sp³-hybridized carbons (Fsp3) is 0.350. The Balaban J connectivity index is 1.91. The first-order valence-electron chi connectivity index (χ1n) is 8.91. The van der Waals surface area contributed by atoms with Gasteiger partial charge in [-0.05, 0) is 24.4 Å². The number of phenolic OH excluding ortho intramolecular Hbond substituents is 1. The summed E-state index contributed by atoms with van der Waals surface area (Å²) in [6.45, 7) is 1.12. The molecule has 0 aliphatic carbocycles. The van der Waals surface area contributed by atoms with Crippen LogP contribution < -0.4 is 14.9 Å². The number of benzene rings is 2. The van der Waals surface area contributed by atoms with Crippen LogP contribution >= 0.6 is 0 Å². The van der Waals surface area contributed by atoms with Gasteiger partial charge < -0.3 is 39.1 Å². The third kappa shape index (κ3) is 3.18. The van der Waals surface area contributed by atoms with Gasteiger partial charge in [0.15, 0.2) is 5.43 Å². The van der Waals surface area contributed by atoms with Gasteiger partial charge in [0.05, 0.1) is 19.1 Å². The second-order valence-corrected chi connectivity index (χ2v) is 6.87. The maximum Gasteiger partial charge on any atom is 0.229 e. The lowest BCUT2D eigenvalue weighted by Crippen LogP contribution is -2.35. The van der Waals surface area contributed by atoms with Gasteiger partial charge in [0, 0.05) is 12.1 Å². The Labute approximate surface area is 164 Å². The van der Waals surface area contributed by atoms with Crippen LogP contribution in [0.2, 0.25) is 0 Å². The number of phenols is 1. The molecule has 1 aromatic heterocycles. The highest BCUT2D eigenvalue weighted by molar-refractivity contribution is 6.06. The molecule has 9 nitrogen and oxygen atoms in total. The summed E-state index contributed by atoms with van der Waals surface area (Å²) in [5, 5.41) is 40.8. The standard InChI is InChI=1S/C20H20O9/c1-8-3-11(22)16-12(27-8)5-9-4-10(26-2)6-13(15(9)18(16)24)28-20-19(25)17(23)14(7-21)29-20/h3-6,14,17,19-21,23-25H,7H2,1-2H3. The molecule has 1 saturated heterocycles. The molecular formula is C20H20O9. The van der Waals surface area contributed by atoms with Crippen LogP contribution in [0.25, 0.3) is 21.7 Å². The van der Waals surface area contributed by atoms with Crippen molar-refractivity contribution in [2.24, 2.45) is 0 Å². The monoisotopic (exact) mass is 404 g/mol. The molecule has 1 fully saturated rings. The van der Waals surface area contributed by atoms with Crippen molar-refractivity contribution in [3.63, 3.8) is 0 Å². The van der Waals surface area contributed by atoms with Crippen molar-refractivity contribution in [1.29, 1.82) is 0 Å². The van der Waals surface area contributed by atoms with Gasteiger partial charge in [-0.3, -0.25) is 4.79 Å². The zero-order chi connectivity index (χ0) is 20.9. The topological polar surface area (TPSA) is 139 Å². The van der Waals surface area contributed by atoms with Gasteiger partial charge in [-0.15, -0.1) is 0 Å². The Morgan fingerprint density at radius 2 is 1.86 bits per heavy atom. The number of ether oxygens (including phenoxy) is 3. The summed E-state index contributed by atoms with van der Waals surface area (Å²) in [5.74, 6) is 0.490. The van der Waals surface area contributed by atoms with Crippen LogP contribution in [0.5, 0.6) is 17.2 Å². The zero-order valence-electron chi connectivity index (χ0n) is 15.7. The summed E-state index contributed by atoms with van der Waals surface area (Å²) < 4.78 is 21.9. The van der Waals surface area contributed by atoms with E-state index >= 15 is 0 Å². The van der Waals surface area contributed by atoms with Gasteiger partial charge in [0.2, 0.25) is 6.29 Å². The van der Waals surface area contributed by atoms with Crippen molar-refractivity contribution in [1.82, 2.24) is 0 Å². The van der Waals surface area contributed by atoms with Crippen LogP contribution in [-0.2, 0) is 4.74 Å². The fourth-order valence-electron chi connectivity index (χ4n) is 3.51. The number of rotatable bonds is 4. The number of aryl methyl sites for hydroxylation is 1. The van der Waals surface area contributed by atoms with Crippen molar-refractivity contribution < 1.29 is 39.1 Å². The number of aliphatic hydroxyl groups excluding tert-OH is 3. The molecule has 154 valence electrons. The molecule has 0 amide bonds. The summed E-state index contributed by atoms with van der Waals surface area (Å²) >= 11 is 0. The predicted molar refractivity (Wildman–Crippen MR) is 101 cm³/mol. The van der Waals surface area contributed by atoms with E-state index in [1.807, 2.05) is 0 Å². The van der Waals surface area contributed by atoms with Crippen molar-refractivity contribution in [3.05, 3.63) is 40.2 Å². The lowest BCUT2D eigenvalue weighted by molar-refractivity contribution is -0.116. The lowest BCUT2D eigenvalue weighted by atomic mass is 10.0. The quantitative estimate of drug-likeness (QED) is 0.465. The molecule has 9 heteroatoms. The second-order valence-electron chi connectivity index (χ2n) is 6.87. The Morgan fingerprint density at radius 1 is 1.10 bits per heavy atom. The number of aromatic hydroxyl groups is 1. The van der Waals surface area contributed by atoms with Crippen LogP contribution in [0.15, 0.2) is 33.5 Å². The van der Waals surface area contributed by atoms with Crippen molar-refractivity contribution in [2.75, 3.05) is 13.7 Å². The van der Waals surface area contributed by atoms with E-state index < -0.39 is 36.6 Å². The Morgan fingerprint density at radius 3 is 2.52 bits per heavy atom. The van der Waals surface area contributed by atoms with Crippen LogP contribution in [0.1, 0.15) is 5.76 Å². The zero-order valence-corrected chi connectivity index (χ0v) is 15.7. The number of methoxy groups -OCH3 is 1. The minimum atomic E-state index is -1.43. The molecule has 0 saturated carbocycles. The van der Waals surface area contributed by atoms with Gasteiger partial charge in [-0.2, -0.15) is 0 Å². The van der Waals surface area contributed by atoms with Gasteiger partial charge in [-0.25, -0.2) is 0 Å². The Kier molecular flexibility index (Phi) is 4.83. The maximum absolute atomic E-state index is 12.4. The number of fused-ring (bicyclic) bond motifs is 2. The average Bonchev–Trinajstić information content (AvgIpc) is 2.94. The molecule has 4 unspecified atom stereocenters. The molecule has 0 spiro atoms. The minimum Gasteiger partial charge on any atom is -0.506 e. The van der Waals surface area contributed by atoms with E-state index in [0.29, 0.717) is 16.9 Å². The van der Waals surface area contributed by atoms with Crippen LogP contribution in [-0.4, -0.2) is 58.7 Å². The van der Waals surface area contributed by atoms with Crippen molar-refractivity contribution >= 4 is 21.7 Å². The summed E-state index contributed by atoms with van der Waals surface area (Å²) in [7, 11) is 1.45. The van der Waals surface area contributed by atoms with E-state index in [1.54, 1.807) is 19.1 Å². The third-order valence-electron chi connectivity index (χ3n) is 4.94. The molecule has 29 heavy (non-hydrogen) atoms. The van der Waals surface area contributed by atoms with Gasteiger partial charge in [-0.1, -0.05) is 0 Å². The van der Waals surface area contributed by atoms with Gasteiger partial charge in [0.1, 0.15) is 52.3 Å². The van der Waals surface area contributed by atoms with E-state index in [0.717, 1.165) is 0 Å². The molecular weight excluding hydrogens is 384 g/mol. The Hall–Kier alpha value is -2.85. The van der Waals surface area contributed by atoms with E-state index in [9.17, 15) is 25.2 Å². The summed E-state index contributed by atoms with van der Waals surface area (Å²) in [6.07, 6.45) is -5.09. The highest BCUT2D eigenvalue weighted by atomic mass is 16.7. The van der Waals surface area contributed by atoms with Crippen molar-refractivity contribution in [2.45, 2.75) is 31.5 Å². The summed E-state index contributed by atoms with van der Waals surface area (Å²) in [5.41, 5.74) is -0.218. The molecule has 2 heterocycles. The number of hydrogen-bond acceptors (Lipinski definition) is 9. The molecule has 1 aliphatic heterocycles. The molecule has 0 bridgehead atoms. The minimum absolute atomic E-state index is 0.0146. The Bertz CT molecular complexity index is 1140. The first kappa shape index (κ1) is 19.5. The van der Waals surface area contributed by atoms with Crippen LogP contribution in [0, 0.1) is 6.92 Å². The smallest absolute Gasteiger partial charge is 0.229 e. The van der Waals surface area contributed by atoms with Gasteiger partial charge in [0.25, 0.3) is 0 Å². The molecule has 4 N–H and O–H groups in total. The fourth-order valence-corrected chi connectivity index (χ4v) is 3.51. The van der Waals surface area contributed by atoms with E-state index in [-0.39, 0.29) is 27.9 Å². The first-order valence-corrected chi connectivity index (χ1v) is 8.91. The highest BCUT2D eigenvalue weighted by Gasteiger charge is 2.44. The normalized spacial score (nSPS) is 24.3. The molecule has 4 atom stereocenters. The third-order valence-corrected chi connectivity index (χ3v) is 4.94. The molecule has 4 rings (SSSR count). The van der Waals surface area contributed by atoms with Gasteiger partial charge >= 0.3 is 0 Å². The predicted octanol–water partition coefficient (Wildman–Crippen LogP) is 0.787. The van der Waals surface area contributed by atoms with Crippen molar-refractivity contribution in [3.8, 4) is 17.2 Å². The number of aliphatic hydroxyl groups is 3. The van der Waals surface area contributed by atoms with E-state index in [4.69, 9.17) is 18.6 Å². The highest BCUT2D eigenvalue weighted by Crippen LogP contribution is 2.42. The largest absolute Gasteiger partial charge is 0.506 e. The summed E-state index contributed by atoms with van der Waals surface area (Å²) in [4.78, 5) is 12.4. The first-order chi connectivity index (χ1) is 13.8. The molecule has 1 aliphatic rings. The van der Waals surface area contributed by atoms with Crippen LogP contribution in [0.4, 0.5) is 0 Å². The van der Waals surface area contributed by atoms with E-state index in [2.05, 4.69) is 0 Å². The molecule has 3 aromatic rings. The number of hydrogen-bond donors (Lipinski definition) is 4. The maximum atomic E-state index is 12.4. The van der Waals surface area contributed by atoms with E-state index in [1.165, 1.54) is 19.2 Å². The van der Waals surface area contributed by atoms with Crippen LogP contribution in [0.3, 0.4) is 0 Å². The molecule has 2 aromatic carbocycles.